The zero-order valence-corrected chi connectivity index (χ0v) is 14.3. The molecule has 2 atom stereocenters. The average molecular weight is 324 g/mol. The molecule has 3 aliphatic rings. The Labute approximate surface area is 138 Å². The molecule has 2 bridgehead atoms. The van der Waals surface area contributed by atoms with Crippen LogP contribution in [0.25, 0.3) is 0 Å². The lowest BCUT2D eigenvalue weighted by molar-refractivity contribution is -0.153. The van der Waals surface area contributed by atoms with Crippen LogP contribution in [0.2, 0.25) is 0 Å². The molecule has 2 saturated heterocycles. The summed E-state index contributed by atoms with van der Waals surface area (Å²) >= 11 is 0. The molecule has 2 aliphatic heterocycles. The zero-order valence-electron chi connectivity index (χ0n) is 14.3. The number of hydroxylamine groups is 2. The van der Waals surface area contributed by atoms with Crippen LogP contribution in [-0.2, 0) is 14.4 Å². The average Bonchev–Trinajstić information content (AvgIpc) is 3.26. The van der Waals surface area contributed by atoms with Gasteiger partial charge in [0.15, 0.2) is 0 Å². The van der Waals surface area contributed by atoms with Gasteiger partial charge in [-0.3, -0.25) is 4.84 Å². The van der Waals surface area contributed by atoms with Gasteiger partial charge in [0.25, 0.3) is 0 Å². The lowest BCUT2D eigenvalue weighted by atomic mass is 9.85. The highest BCUT2D eigenvalue weighted by Crippen LogP contribution is 2.59. The van der Waals surface area contributed by atoms with Crippen molar-refractivity contribution in [2.45, 2.75) is 70.9 Å². The van der Waals surface area contributed by atoms with Crippen LogP contribution >= 0.6 is 0 Å². The quantitative estimate of drug-likeness (QED) is 0.509. The lowest BCUT2D eigenvalue weighted by Gasteiger charge is -2.35. The van der Waals surface area contributed by atoms with E-state index >= 15 is 0 Å². The smallest absolute Gasteiger partial charge is 0.345 e. The van der Waals surface area contributed by atoms with E-state index in [-0.39, 0.29) is 23.5 Å². The highest BCUT2D eigenvalue weighted by Gasteiger charge is 2.64. The van der Waals surface area contributed by atoms with Gasteiger partial charge in [-0.2, -0.15) is 5.06 Å². The van der Waals surface area contributed by atoms with Crippen molar-refractivity contribution in [2.75, 3.05) is 19.8 Å². The second-order valence-corrected chi connectivity index (χ2v) is 7.07. The Kier molecular flexibility index (Phi) is 4.80. The van der Waals surface area contributed by atoms with Gasteiger partial charge >= 0.3 is 12.0 Å². The van der Waals surface area contributed by atoms with Crippen molar-refractivity contribution >= 4 is 12.0 Å². The standard InChI is InChI=1S/C17H28N2O4/c1-3-5-9-22-15(20)13-11-17(7-8-17)14-12-18(13)16(21)19(14)23-10-6-4-2/h13-14H,3-12H2,1-2H3/t13-,14+/m0/s1. The van der Waals surface area contributed by atoms with Crippen LogP contribution in [0.4, 0.5) is 4.79 Å². The maximum Gasteiger partial charge on any atom is 0.345 e. The number of nitrogens with zero attached hydrogens (tertiary/aromatic N) is 2. The van der Waals surface area contributed by atoms with Gasteiger partial charge in [-0.25, -0.2) is 9.59 Å². The summed E-state index contributed by atoms with van der Waals surface area (Å²) in [7, 11) is 0. The first-order valence-electron chi connectivity index (χ1n) is 9.02. The molecule has 23 heavy (non-hydrogen) atoms. The number of piperidine rings is 1. The van der Waals surface area contributed by atoms with Crippen molar-refractivity contribution in [3.8, 4) is 0 Å². The molecule has 2 amide bonds. The first kappa shape index (κ1) is 16.6. The topological polar surface area (TPSA) is 59.1 Å². The van der Waals surface area contributed by atoms with E-state index < -0.39 is 6.04 Å². The molecule has 6 nitrogen and oxygen atoms in total. The Hall–Kier alpha value is -1.30. The van der Waals surface area contributed by atoms with E-state index in [1.54, 1.807) is 9.96 Å². The number of urea groups is 1. The number of esters is 1. The third-order valence-corrected chi connectivity index (χ3v) is 5.40. The third-order valence-electron chi connectivity index (χ3n) is 5.40. The van der Waals surface area contributed by atoms with Crippen LogP contribution in [0, 0.1) is 5.41 Å². The number of ether oxygens (including phenoxy) is 1. The Morgan fingerprint density at radius 3 is 2.57 bits per heavy atom. The summed E-state index contributed by atoms with van der Waals surface area (Å²) < 4.78 is 5.38. The van der Waals surface area contributed by atoms with E-state index in [4.69, 9.17) is 9.57 Å². The number of carbonyl (C=O) groups excluding carboxylic acids is 2. The van der Waals surface area contributed by atoms with Gasteiger partial charge in [0.05, 0.1) is 19.3 Å². The molecular formula is C17H28N2O4. The lowest BCUT2D eigenvalue weighted by Crippen LogP contribution is -2.49. The van der Waals surface area contributed by atoms with Gasteiger partial charge in [0, 0.05) is 6.54 Å². The molecule has 0 aromatic carbocycles. The van der Waals surface area contributed by atoms with Crippen LogP contribution < -0.4 is 0 Å². The molecule has 2 heterocycles. The largest absolute Gasteiger partial charge is 0.464 e. The molecule has 0 N–H and O–H groups in total. The monoisotopic (exact) mass is 324 g/mol. The summed E-state index contributed by atoms with van der Waals surface area (Å²) in [5, 5.41) is 1.56. The minimum atomic E-state index is -0.433. The van der Waals surface area contributed by atoms with Crippen molar-refractivity contribution in [1.82, 2.24) is 9.96 Å². The van der Waals surface area contributed by atoms with Crippen molar-refractivity contribution in [3.63, 3.8) is 0 Å². The molecular weight excluding hydrogens is 296 g/mol. The second kappa shape index (κ2) is 6.67. The van der Waals surface area contributed by atoms with Crippen molar-refractivity contribution < 1.29 is 19.2 Å². The fraction of sp³-hybridized carbons (Fsp3) is 0.882. The van der Waals surface area contributed by atoms with Crippen molar-refractivity contribution in [2.24, 2.45) is 5.41 Å². The van der Waals surface area contributed by atoms with Gasteiger partial charge < -0.3 is 9.64 Å². The Balaban J connectivity index is 1.67. The molecule has 6 heteroatoms. The third kappa shape index (κ3) is 3.05. The number of unbranched alkanes of at least 4 members (excludes halogenated alkanes) is 2. The van der Waals surface area contributed by atoms with Crippen LogP contribution in [0.5, 0.6) is 0 Å². The van der Waals surface area contributed by atoms with Crippen molar-refractivity contribution in [3.05, 3.63) is 0 Å². The maximum absolute atomic E-state index is 12.7. The molecule has 0 radical (unpaired) electrons. The van der Waals surface area contributed by atoms with E-state index in [9.17, 15) is 9.59 Å². The highest BCUT2D eigenvalue weighted by atomic mass is 16.7. The summed E-state index contributed by atoms with van der Waals surface area (Å²) in [5.74, 6) is -0.244. The summed E-state index contributed by atoms with van der Waals surface area (Å²) in [6.07, 6.45) is 6.70. The number of fused-ring (bicyclic) bond motifs is 3. The molecule has 3 fully saturated rings. The summed E-state index contributed by atoms with van der Waals surface area (Å²) in [5.41, 5.74) is 0.0727. The maximum atomic E-state index is 12.7. The second-order valence-electron chi connectivity index (χ2n) is 7.07. The summed E-state index contributed by atoms with van der Waals surface area (Å²) in [6, 6.07) is -0.489. The van der Waals surface area contributed by atoms with E-state index in [0.717, 1.165) is 44.9 Å². The molecule has 1 saturated carbocycles. The fourth-order valence-corrected chi connectivity index (χ4v) is 3.71. The Bertz CT molecular complexity index is 464. The number of rotatable bonds is 8. The minimum Gasteiger partial charge on any atom is -0.464 e. The first-order valence-corrected chi connectivity index (χ1v) is 9.02. The molecule has 0 aromatic rings. The van der Waals surface area contributed by atoms with Gasteiger partial charge in [-0.15, -0.1) is 0 Å². The molecule has 1 aliphatic carbocycles. The number of hydrogen-bond acceptors (Lipinski definition) is 4. The fourth-order valence-electron chi connectivity index (χ4n) is 3.71. The van der Waals surface area contributed by atoms with Gasteiger partial charge in [-0.1, -0.05) is 26.7 Å². The van der Waals surface area contributed by atoms with Crippen LogP contribution in [0.15, 0.2) is 0 Å². The Morgan fingerprint density at radius 2 is 1.91 bits per heavy atom. The SMILES string of the molecule is CCCCOC(=O)[C@@H]1CC2(CC2)[C@H]2CN1C(=O)N2OCCCC. The molecule has 130 valence electrons. The normalized spacial score (nSPS) is 27.7. The van der Waals surface area contributed by atoms with Gasteiger partial charge in [-0.05, 0) is 37.5 Å². The number of carbonyl (C=O) groups is 2. The molecule has 3 rings (SSSR count). The molecule has 0 aromatic heterocycles. The Morgan fingerprint density at radius 1 is 1.22 bits per heavy atom. The summed E-state index contributed by atoms with van der Waals surface area (Å²) in [6.45, 7) is 5.77. The van der Waals surface area contributed by atoms with Crippen LogP contribution in [0.1, 0.15) is 58.8 Å². The van der Waals surface area contributed by atoms with E-state index in [1.165, 1.54) is 0 Å². The number of amides is 2. The molecule has 0 unspecified atom stereocenters. The van der Waals surface area contributed by atoms with E-state index in [0.29, 0.717) is 19.8 Å². The molecule has 1 spiro atoms. The predicted molar refractivity (Wildman–Crippen MR) is 84.5 cm³/mol. The zero-order chi connectivity index (χ0) is 16.4. The number of hydrogen-bond donors (Lipinski definition) is 0. The van der Waals surface area contributed by atoms with Crippen molar-refractivity contribution in [1.29, 1.82) is 0 Å². The highest BCUT2D eigenvalue weighted by molar-refractivity contribution is 5.86. The minimum absolute atomic E-state index is 0.0727. The van der Waals surface area contributed by atoms with Gasteiger partial charge in [0.2, 0.25) is 0 Å². The van der Waals surface area contributed by atoms with Crippen LogP contribution in [-0.4, -0.2) is 53.8 Å². The van der Waals surface area contributed by atoms with E-state index in [2.05, 4.69) is 13.8 Å². The summed E-state index contributed by atoms with van der Waals surface area (Å²) in [4.78, 5) is 32.5. The first-order chi connectivity index (χ1) is 11.1. The van der Waals surface area contributed by atoms with Crippen LogP contribution in [0.3, 0.4) is 0 Å². The van der Waals surface area contributed by atoms with E-state index in [1.807, 2.05) is 0 Å². The predicted octanol–water partition coefficient (Wildman–Crippen LogP) is 2.72. The van der Waals surface area contributed by atoms with Gasteiger partial charge in [0.1, 0.15) is 6.04 Å².